The van der Waals surface area contributed by atoms with Crippen LogP contribution in [0.1, 0.15) is 45.6 Å². The number of ether oxygens (including phenoxy) is 1. The van der Waals surface area contributed by atoms with Crippen molar-refractivity contribution in [3.8, 4) is 0 Å². The zero-order valence-corrected chi connectivity index (χ0v) is 22.1. The van der Waals surface area contributed by atoms with Crippen LogP contribution in [0.4, 0.5) is 5.69 Å². The molecule has 2 fully saturated rings. The summed E-state index contributed by atoms with van der Waals surface area (Å²) in [7, 11) is 0. The van der Waals surface area contributed by atoms with Gasteiger partial charge in [-0.1, -0.05) is 26.0 Å². The molecule has 0 saturated carbocycles. The van der Waals surface area contributed by atoms with Gasteiger partial charge in [0.25, 0.3) is 0 Å². The Labute approximate surface area is 210 Å². The van der Waals surface area contributed by atoms with Crippen LogP contribution in [0.2, 0.25) is 0 Å². The number of nitrogens with zero attached hydrogens (tertiary/aromatic N) is 3. The van der Waals surface area contributed by atoms with Gasteiger partial charge in [0.15, 0.2) is 5.96 Å². The zero-order chi connectivity index (χ0) is 22.1. The quantitative estimate of drug-likeness (QED) is 0.277. The minimum Gasteiger partial charge on any atom is -0.379 e. The highest BCUT2D eigenvalue weighted by molar-refractivity contribution is 14.0. The largest absolute Gasteiger partial charge is 0.379 e. The first kappa shape index (κ1) is 26.9. The summed E-state index contributed by atoms with van der Waals surface area (Å²) in [6.45, 7) is 13.4. The van der Waals surface area contributed by atoms with E-state index < -0.39 is 0 Å². The molecule has 2 aliphatic heterocycles. The normalized spacial score (nSPS) is 18.6. The molecule has 0 aromatic heterocycles. The maximum absolute atomic E-state index is 11.9. The summed E-state index contributed by atoms with van der Waals surface area (Å²) in [4.78, 5) is 21.1. The lowest BCUT2D eigenvalue weighted by Gasteiger charge is -2.35. The lowest BCUT2D eigenvalue weighted by Crippen LogP contribution is -2.51. The third-order valence-electron chi connectivity index (χ3n) is 5.90. The lowest BCUT2D eigenvalue weighted by molar-refractivity contribution is -0.117. The van der Waals surface area contributed by atoms with Crippen molar-refractivity contribution in [3.05, 3.63) is 29.8 Å². The van der Waals surface area contributed by atoms with Crippen LogP contribution in [0.3, 0.4) is 0 Å². The van der Waals surface area contributed by atoms with E-state index in [4.69, 9.17) is 9.73 Å². The van der Waals surface area contributed by atoms with Crippen LogP contribution in [-0.4, -0.2) is 68.7 Å². The number of guanidine groups is 1. The standard InChI is InChI=1S/C24H39N5O2.HI/c1-4-25-24(27-18-22(16-19(2)3)28-12-14-31-15-13-28)26-17-20-7-9-21(10-8-20)29-11-5-6-23(29)30;/h7-10,19,22H,4-6,11-18H2,1-3H3,(H2,25,26,27);1H. The van der Waals surface area contributed by atoms with E-state index in [9.17, 15) is 4.79 Å². The molecule has 180 valence electrons. The summed E-state index contributed by atoms with van der Waals surface area (Å²) < 4.78 is 5.53. The highest BCUT2D eigenvalue weighted by Gasteiger charge is 2.23. The topological polar surface area (TPSA) is 69.2 Å². The smallest absolute Gasteiger partial charge is 0.227 e. The molecule has 1 amide bonds. The number of aliphatic imine (C=N–C) groups is 1. The second kappa shape index (κ2) is 14.0. The van der Waals surface area contributed by atoms with Crippen LogP contribution in [0.5, 0.6) is 0 Å². The summed E-state index contributed by atoms with van der Waals surface area (Å²) in [5, 5.41) is 6.93. The van der Waals surface area contributed by atoms with Gasteiger partial charge in [0.1, 0.15) is 0 Å². The van der Waals surface area contributed by atoms with Crippen molar-refractivity contribution in [1.29, 1.82) is 0 Å². The summed E-state index contributed by atoms with van der Waals surface area (Å²) in [5.74, 6) is 1.72. The van der Waals surface area contributed by atoms with Gasteiger partial charge in [-0.15, -0.1) is 24.0 Å². The van der Waals surface area contributed by atoms with E-state index >= 15 is 0 Å². The van der Waals surface area contributed by atoms with Gasteiger partial charge in [-0.25, -0.2) is 4.99 Å². The Hall–Kier alpha value is -1.39. The molecule has 3 rings (SSSR count). The first-order chi connectivity index (χ1) is 15.1. The van der Waals surface area contributed by atoms with Crippen LogP contribution in [0, 0.1) is 5.92 Å². The number of carbonyl (C=O) groups excluding carboxylic acids is 1. The maximum Gasteiger partial charge on any atom is 0.227 e. The molecule has 1 unspecified atom stereocenters. The molecule has 1 aromatic rings. The fourth-order valence-corrected chi connectivity index (χ4v) is 4.28. The minimum atomic E-state index is 0. The molecule has 0 aliphatic carbocycles. The molecule has 2 N–H and O–H groups in total. The Bertz CT molecular complexity index is 720. The molecule has 2 saturated heterocycles. The first-order valence-corrected chi connectivity index (χ1v) is 11.8. The van der Waals surface area contributed by atoms with Gasteiger partial charge in [0.05, 0.1) is 19.8 Å². The summed E-state index contributed by atoms with van der Waals surface area (Å²) in [6.07, 6.45) is 2.76. The van der Waals surface area contributed by atoms with Crippen molar-refractivity contribution in [1.82, 2.24) is 15.5 Å². The third-order valence-corrected chi connectivity index (χ3v) is 5.90. The Kier molecular flexibility index (Phi) is 11.7. The molecular formula is C24H40IN5O2. The molecule has 1 aromatic carbocycles. The first-order valence-electron chi connectivity index (χ1n) is 11.8. The van der Waals surface area contributed by atoms with E-state index in [1.54, 1.807) is 0 Å². The van der Waals surface area contributed by atoms with Crippen molar-refractivity contribution < 1.29 is 9.53 Å². The highest BCUT2D eigenvalue weighted by Crippen LogP contribution is 2.21. The van der Waals surface area contributed by atoms with Gasteiger partial charge >= 0.3 is 0 Å². The SMILES string of the molecule is CCNC(=NCc1ccc(N2CCCC2=O)cc1)NCC(CC(C)C)N1CCOCC1.I. The third kappa shape index (κ3) is 8.19. The van der Waals surface area contributed by atoms with E-state index in [1.165, 1.54) is 0 Å². The van der Waals surface area contributed by atoms with E-state index in [1.807, 2.05) is 17.0 Å². The number of halogens is 1. The molecular weight excluding hydrogens is 517 g/mol. The summed E-state index contributed by atoms with van der Waals surface area (Å²) >= 11 is 0. The van der Waals surface area contributed by atoms with Gasteiger partial charge < -0.3 is 20.3 Å². The summed E-state index contributed by atoms with van der Waals surface area (Å²) in [5.41, 5.74) is 2.13. The number of hydrogen-bond donors (Lipinski definition) is 2. The zero-order valence-electron chi connectivity index (χ0n) is 19.8. The van der Waals surface area contributed by atoms with Crippen LogP contribution in [0.25, 0.3) is 0 Å². The highest BCUT2D eigenvalue weighted by atomic mass is 127. The Balaban J connectivity index is 0.00000363. The van der Waals surface area contributed by atoms with Gasteiger partial charge in [0, 0.05) is 50.9 Å². The van der Waals surface area contributed by atoms with E-state index in [-0.39, 0.29) is 29.9 Å². The Morgan fingerprint density at radius 3 is 2.44 bits per heavy atom. The maximum atomic E-state index is 11.9. The van der Waals surface area contributed by atoms with Crippen molar-refractivity contribution in [3.63, 3.8) is 0 Å². The van der Waals surface area contributed by atoms with Crippen molar-refractivity contribution in [2.45, 2.75) is 52.6 Å². The second-order valence-corrected chi connectivity index (χ2v) is 8.82. The number of amides is 1. The van der Waals surface area contributed by atoms with E-state index in [2.05, 4.69) is 48.4 Å². The molecule has 2 heterocycles. The number of anilines is 1. The van der Waals surface area contributed by atoms with Gasteiger partial charge in [0.2, 0.25) is 5.91 Å². The fraction of sp³-hybridized carbons (Fsp3) is 0.667. The van der Waals surface area contributed by atoms with Gasteiger partial charge in [-0.3, -0.25) is 9.69 Å². The average Bonchev–Trinajstić information content (AvgIpc) is 3.21. The molecule has 0 bridgehead atoms. The van der Waals surface area contributed by atoms with Crippen molar-refractivity contribution in [2.75, 3.05) is 50.8 Å². The predicted octanol–water partition coefficient (Wildman–Crippen LogP) is 3.23. The van der Waals surface area contributed by atoms with Gasteiger partial charge in [-0.05, 0) is 43.4 Å². The molecule has 32 heavy (non-hydrogen) atoms. The molecule has 0 spiro atoms. The molecule has 2 aliphatic rings. The van der Waals surface area contributed by atoms with Crippen LogP contribution < -0.4 is 15.5 Å². The Morgan fingerprint density at radius 2 is 1.84 bits per heavy atom. The number of nitrogens with one attached hydrogen (secondary N) is 2. The van der Waals surface area contributed by atoms with Crippen LogP contribution in [-0.2, 0) is 16.1 Å². The molecule has 8 heteroatoms. The number of morpholine rings is 1. The minimum absolute atomic E-state index is 0. The van der Waals surface area contributed by atoms with E-state index in [0.717, 1.165) is 76.0 Å². The fourth-order valence-electron chi connectivity index (χ4n) is 4.28. The van der Waals surface area contributed by atoms with Crippen LogP contribution >= 0.6 is 24.0 Å². The molecule has 0 radical (unpaired) electrons. The average molecular weight is 558 g/mol. The monoisotopic (exact) mass is 557 g/mol. The molecule has 7 nitrogen and oxygen atoms in total. The Morgan fingerprint density at radius 1 is 1.12 bits per heavy atom. The van der Waals surface area contributed by atoms with E-state index in [0.29, 0.717) is 24.9 Å². The van der Waals surface area contributed by atoms with Crippen molar-refractivity contribution >= 4 is 41.5 Å². The summed E-state index contributed by atoms with van der Waals surface area (Å²) in [6, 6.07) is 8.69. The molecule has 1 atom stereocenters. The number of rotatable bonds is 9. The van der Waals surface area contributed by atoms with Crippen molar-refractivity contribution in [2.24, 2.45) is 10.9 Å². The number of benzene rings is 1. The number of hydrogen-bond acceptors (Lipinski definition) is 4. The lowest BCUT2D eigenvalue weighted by atomic mass is 10.0. The predicted molar refractivity (Wildman–Crippen MR) is 142 cm³/mol. The second-order valence-electron chi connectivity index (χ2n) is 8.82. The van der Waals surface area contributed by atoms with Gasteiger partial charge in [-0.2, -0.15) is 0 Å². The number of carbonyl (C=O) groups is 1. The van der Waals surface area contributed by atoms with Crippen LogP contribution in [0.15, 0.2) is 29.3 Å².